The molecular formula is C75H124N14O16. The van der Waals surface area contributed by atoms with Crippen LogP contribution in [-0.4, -0.2) is 191 Å². The Bertz CT molecular complexity index is 3160. The van der Waals surface area contributed by atoms with Crippen molar-refractivity contribution >= 4 is 82.8 Å². The Morgan fingerprint density at radius 1 is 0.619 bits per heavy atom. The lowest BCUT2D eigenvalue weighted by atomic mass is 9.98. The van der Waals surface area contributed by atoms with Crippen molar-refractivity contribution in [2.75, 3.05) is 13.1 Å². The van der Waals surface area contributed by atoms with Gasteiger partial charge in [-0.15, -0.1) is 0 Å². The number of cyclic esters (lactones) is 1. The quantitative estimate of drug-likeness (QED) is 0.0353. The number of benzene rings is 1. The Morgan fingerprint density at radius 3 is 1.71 bits per heavy atom. The number of nitrogens with two attached hydrogens (primary N) is 1. The maximum Gasteiger partial charge on any atom is 0.329 e. The number of carbonyl (C=O) groups excluding carboxylic acids is 14. The molecule has 3 rings (SSSR count). The van der Waals surface area contributed by atoms with Gasteiger partial charge in [0.25, 0.3) is 5.91 Å². The molecule has 590 valence electrons. The summed E-state index contributed by atoms with van der Waals surface area (Å²) < 4.78 is 5.95. The number of likely N-dealkylation sites (tertiary alicyclic amines) is 1. The zero-order valence-electron chi connectivity index (χ0n) is 65.2. The molecule has 2 heterocycles. The SMILES string of the molecule is C/C=C1\NC(=O)[C@H](Cc2ccccc2)NC(=O)[C@H](C(C)C)NC(=O)[C@H](CC(C)C)NC(=O)[C@@H](NC(=O)[C@H](CC(C)C)NC(=O)[C@H](CCCN)NC(=O)[C@@H]2CCCN2C(=O)[C@@H](NC(=O)[C@@H](NC(=O)[C@@H](NC(=O)[C@@H](NC(=O)CC[C@H](C)CC)C(C)C)[C@@H](C)O)C(C)C)C(C)C)[C@@H](C)OC(=O)[C@H](C(C)C)NC1=O. The van der Waals surface area contributed by atoms with E-state index in [1.54, 1.807) is 127 Å². The maximum atomic E-state index is 15.0. The van der Waals surface area contributed by atoms with Crippen LogP contribution in [0.5, 0.6) is 0 Å². The smallest absolute Gasteiger partial charge is 0.329 e. The number of allylic oxidation sites excluding steroid dienone is 1. The fraction of sp³-hybridized carbons (Fsp3) is 0.707. The van der Waals surface area contributed by atoms with Gasteiger partial charge in [0.15, 0.2) is 0 Å². The molecule has 13 amide bonds. The van der Waals surface area contributed by atoms with Crippen LogP contribution < -0.4 is 69.5 Å². The van der Waals surface area contributed by atoms with Gasteiger partial charge in [-0.2, -0.15) is 0 Å². The number of nitrogens with one attached hydrogen (secondary N) is 12. The number of esters is 1. The van der Waals surface area contributed by atoms with Gasteiger partial charge in [-0.05, 0) is 125 Å². The van der Waals surface area contributed by atoms with Gasteiger partial charge in [-0.1, -0.05) is 154 Å². The van der Waals surface area contributed by atoms with Crippen molar-refractivity contribution in [1.82, 2.24) is 68.7 Å². The van der Waals surface area contributed by atoms with Crippen molar-refractivity contribution < 1.29 is 77.0 Å². The zero-order valence-corrected chi connectivity index (χ0v) is 65.2. The molecule has 2 aliphatic heterocycles. The monoisotopic (exact) mass is 1480 g/mol. The van der Waals surface area contributed by atoms with Crippen molar-refractivity contribution in [2.45, 2.75) is 280 Å². The van der Waals surface area contributed by atoms with E-state index < -0.39 is 191 Å². The molecule has 15 N–H and O–H groups in total. The summed E-state index contributed by atoms with van der Waals surface area (Å²) in [6.45, 7) is 32.0. The van der Waals surface area contributed by atoms with Gasteiger partial charge in [0, 0.05) is 19.4 Å². The van der Waals surface area contributed by atoms with E-state index in [-0.39, 0.29) is 87.4 Å². The van der Waals surface area contributed by atoms with E-state index in [0.717, 1.165) is 6.42 Å². The van der Waals surface area contributed by atoms with Crippen molar-refractivity contribution in [3.8, 4) is 0 Å². The summed E-state index contributed by atoms with van der Waals surface area (Å²) in [7, 11) is 0. The van der Waals surface area contributed by atoms with Crippen LogP contribution in [0.25, 0.3) is 0 Å². The highest BCUT2D eigenvalue weighted by molar-refractivity contribution is 6.03. The molecule has 0 aliphatic carbocycles. The molecule has 30 nitrogen and oxygen atoms in total. The summed E-state index contributed by atoms with van der Waals surface area (Å²) in [6.07, 6.45) is 0.462. The van der Waals surface area contributed by atoms with E-state index in [1.165, 1.54) is 31.7 Å². The van der Waals surface area contributed by atoms with Gasteiger partial charge in [0.05, 0.1) is 6.10 Å². The van der Waals surface area contributed by atoms with Crippen LogP contribution in [0.3, 0.4) is 0 Å². The number of rotatable bonds is 33. The third-order valence-electron chi connectivity index (χ3n) is 18.7. The van der Waals surface area contributed by atoms with Crippen LogP contribution >= 0.6 is 0 Å². The van der Waals surface area contributed by atoms with Crippen LogP contribution in [0, 0.1) is 47.3 Å². The van der Waals surface area contributed by atoms with Crippen LogP contribution in [0.1, 0.15) is 195 Å². The fourth-order valence-electron chi connectivity index (χ4n) is 12.1. The Morgan fingerprint density at radius 2 is 1.18 bits per heavy atom. The van der Waals surface area contributed by atoms with Crippen molar-refractivity contribution in [3.05, 3.63) is 47.7 Å². The Kier molecular flexibility index (Phi) is 37.8. The summed E-state index contributed by atoms with van der Waals surface area (Å²) in [5.74, 6) is -14.5. The number of hydrogen-bond donors (Lipinski definition) is 14. The van der Waals surface area contributed by atoms with E-state index in [2.05, 4.69) is 63.8 Å². The average molecular weight is 1480 g/mol. The normalized spacial score (nSPS) is 22.3. The first-order valence-electron chi connectivity index (χ1n) is 37.4. The first-order valence-corrected chi connectivity index (χ1v) is 37.4. The largest absolute Gasteiger partial charge is 0.458 e. The maximum absolute atomic E-state index is 15.0. The molecule has 1 aromatic carbocycles. The van der Waals surface area contributed by atoms with Crippen LogP contribution in [0.15, 0.2) is 42.1 Å². The number of nitrogens with zero attached hydrogens (tertiary/aromatic N) is 1. The zero-order chi connectivity index (χ0) is 79.4. The predicted octanol–water partition coefficient (Wildman–Crippen LogP) is 1.84. The molecule has 2 saturated heterocycles. The Balaban J connectivity index is 1.99. The molecule has 0 radical (unpaired) electrons. The molecule has 0 spiro atoms. The van der Waals surface area contributed by atoms with Crippen LogP contribution in [0.2, 0.25) is 0 Å². The van der Waals surface area contributed by atoms with E-state index in [9.17, 15) is 72.2 Å². The van der Waals surface area contributed by atoms with E-state index in [0.29, 0.717) is 18.4 Å². The summed E-state index contributed by atoms with van der Waals surface area (Å²) in [6, 6.07) is -7.63. The second kappa shape index (κ2) is 43.8. The minimum Gasteiger partial charge on any atom is -0.458 e. The second-order valence-electron chi connectivity index (χ2n) is 30.6. The molecule has 0 saturated carbocycles. The van der Waals surface area contributed by atoms with Gasteiger partial charge >= 0.3 is 5.97 Å². The molecular weight excluding hydrogens is 1350 g/mol. The predicted molar refractivity (Wildman–Crippen MR) is 395 cm³/mol. The first kappa shape index (κ1) is 90.7. The Hall–Kier alpha value is -8.54. The number of ether oxygens (including phenoxy) is 1. The van der Waals surface area contributed by atoms with Crippen molar-refractivity contribution in [3.63, 3.8) is 0 Å². The minimum atomic E-state index is -1.82. The Labute approximate surface area is 620 Å². The first-order chi connectivity index (χ1) is 49.2. The molecule has 0 unspecified atom stereocenters. The molecule has 105 heavy (non-hydrogen) atoms. The highest BCUT2D eigenvalue weighted by Gasteiger charge is 2.44. The van der Waals surface area contributed by atoms with Crippen molar-refractivity contribution in [2.24, 2.45) is 53.1 Å². The minimum absolute atomic E-state index is 0.00475. The average Bonchev–Trinajstić information content (AvgIpc) is 1.77. The topological polar surface area (TPSA) is 442 Å². The third kappa shape index (κ3) is 28.7. The summed E-state index contributed by atoms with van der Waals surface area (Å²) in [5.41, 5.74) is 6.33. The molecule has 2 aliphatic rings. The van der Waals surface area contributed by atoms with Gasteiger partial charge in [0.1, 0.15) is 84.3 Å². The number of carbonyl (C=O) groups is 14. The highest BCUT2D eigenvalue weighted by Crippen LogP contribution is 2.23. The molecule has 30 heteroatoms. The van der Waals surface area contributed by atoms with Crippen molar-refractivity contribution in [1.29, 1.82) is 0 Å². The lowest BCUT2D eigenvalue weighted by Gasteiger charge is -2.33. The van der Waals surface area contributed by atoms with Crippen LogP contribution in [-0.2, 0) is 78.3 Å². The standard InChI is InChI=1S/C75H124N14O16/c1-20-45(17)31-32-55(91)82-56(40(7)8)70(99)87-61(46(18)90)72(101)84-58(42(11)12)71(100)85-59(43(13)14)74(103)89-34-26-30-54(89)68(97)78-50(29-25-33-76)64(93)79-51(35-38(3)4)67(96)88-62-47(19)105-75(104)60(44(15)16)86-63(92)49(21-2)77-65(94)53(37-48-27-23-22-24-28-48)81-69(98)57(41(9)10)83-66(95)52(36-39(5)6)80-73(62)102/h21-24,27-28,38-47,50-54,56-62,90H,20,25-26,29-37,76H2,1-19H3,(H,77,94)(H,78,97)(H,79,93)(H,80,102)(H,81,98)(H,82,91)(H,83,95)(H,84,101)(H,85,100)(H,86,92)(H,87,99)(H,88,96)/b49-21-/t45-,46-,47-,50+,51+,52+,53+,54+,56+,57+,58+,59+,60+,61+,62+/m1/s1. The molecule has 0 bridgehead atoms. The van der Waals surface area contributed by atoms with Crippen LogP contribution in [0.4, 0.5) is 0 Å². The number of hydrogen-bond acceptors (Lipinski definition) is 17. The second-order valence-corrected chi connectivity index (χ2v) is 30.6. The van der Waals surface area contributed by atoms with Gasteiger partial charge < -0.3 is 84.3 Å². The van der Waals surface area contributed by atoms with Gasteiger partial charge in [-0.25, -0.2) is 4.79 Å². The summed E-state index contributed by atoms with van der Waals surface area (Å²) >= 11 is 0. The molecule has 15 atom stereocenters. The van der Waals surface area contributed by atoms with E-state index in [4.69, 9.17) is 10.5 Å². The fourth-order valence-corrected chi connectivity index (χ4v) is 12.1. The van der Waals surface area contributed by atoms with Gasteiger partial charge in [0.2, 0.25) is 70.9 Å². The van der Waals surface area contributed by atoms with E-state index in [1.807, 2.05) is 13.8 Å². The lowest BCUT2D eigenvalue weighted by Crippen LogP contribution is -2.63. The summed E-state index contributed by atoms with van der Waals surface area (Å²) in [4.78, 5) is 202. The number of aliphatic hydroxyl groups is 1. The number of amides is 13. The molecule has 1 aromatic rings. The van der Waals surface area contributed by atoms with E-state index >= 15 is 0 Å². The number of aliphatic hydroxyl groups excluding tert-OH is 1. The molecule has 0 aromatic heterocycles. The highest BCUT2D eigenvalue weighted by atomic mass is 16.5. The van der Waals surface area contributed by atoms with Gasteiger partial charge in [-0.3, -0.25) is 62.3 Å². The third-order valence-corrected chi connectivity index (χ3v) is 18.7. The lowest BCUT2D eigenvalue weighted by molar-refractivity contribution is -0.157. The summed E-state index contributed by atoms with van der Waals surface area (Å²) in [5, 5.41) is 43.1. The molecule has 2 fully saturated rings.